The molecule has 6 heteroatoms. The number of tetrazole rings is 1. The number of aromatic nitrogens is 5. The first-order valence-corrected chi connectivity index (χ1v) is 10.4. The first kappa shape index (κ1) is 17.5. The van der Waals surface area contributed by atoms with Crippen LogP contribution in [0.1, 0.15) is 61.6 Å². The maximum atomic E-state index is 6.17. The number of nitrogens with one attached hydrogen (secondary N) is 1. The summed E-state index contributed by atoms with van der Waals surface area (Å²) < 4.78 is 6.17. The quantitative estimate of drug-likeness (QED) is 0.685. The zero-order valence-corrected chi connectivity index (χ0v) is 16.0. The van der Waals surface area contributed by atoms with E-state index in [0.717, 1.165) is 50.0 Å². The molecule has 1 unspecified atom stereocenters. The van der Waals surface area contributed by atoms with Gasteiger partial charge in [0.25, 0.3) is 0 Å². The molecule has 6 nitrogen and oxygen atoms in total. The summed E-state index contributed by atoms with van der Waals surface area (Å²) in [6.45, 7) is 0.790. The van der Waals surface area contributed by atoms with Crippen molar-refractivity contribution in [2.75, 3.05) is 6.61 Å². The van der Waals surface area contributed by atoms with Crippen LogP contribution in [0, 0.1) is 0 Å². The molecule has 3 heterocycles. The lowest BCUT2D eigenvalue weighted by Crippen LogP contribution is -2.17. The van der Waals surface area contributed by atoms with Crippen LogP contribution in [0.25, 0.3) is 22.5 Å². The molecule has 0 bridgehead atoms. The minimum atomic E-state index is 0.00450. The Morgan fingerprint density at radius 3 is 2.61 bits per heavy atom. The highest BCUT2D eigenvalue weighted by atomic mass is 16.5. The average Bonchev–Trinajstić information content (AvgIpc) is 3.19. The molecular formula is C22H25N5O. The van der Waals surface area contributed by atoms with Gasteiger partial charge in [0, 0.05) is 12.3 Å². The number of H-pyrrole nitrogens is 1. The van der Waals surface area contributed by atoms with E-state index in [9.17, 15) is 0 Å². The molecule has 2 aromatic heterocycles. The Kier molecular flexibility index (Phi) is 4.87. The second-order valence-corrected chi connectivity index (χ2v) is 7.70. The fourth-order valence-electron chi connectivity index (χ4n) is 4.56. The fourth-order valence-corrected chi connectivity index (χ4v) is 4.56. The van der Waals surface area contributed by atoms with Gasteiger partial charge in [0.05, 0.1) is 11.3 Å². The van der Waals surface area contributed by atoms with Gasteiger partial charge in [0.15, 0.2) is 5.82 Å². The fraction of sp³-hybridized carbons (Fsp3) is 0.455. The van der Waals surface area contributed by atoms with Gasteiger partial charge in [-0.15, -0.1) is 5.10 Å². The number of fused-ring (bicyclic) bond motifs is 1. The first-order valence-electron chi connectivity index (χ1n) is 10.4. The minimum absolute atomic E-state index is 0.00450. The number of hydrogen-bond acceptors (Lipinski definition) is 5. The Bertz CT molecular complexity index is 933. The first-order chi connectivity index (χ1) is 13.9. The molecule has 28 heavy (non-hydrogen) atoms. The topological polar surface area (TPSA) is 76.6 Å². The zero-order valence-electron chi connectivity index (χ0n) is 16.0. The highest BCUT2D eigenvalue weighted by Gasteiger charge is 2.29. The highest BCUT2D eigenvalue weighted by Crippen LogP contribution is 2.42. The molecule has 1 aromatic carbocycles. The number of benzene rings is 1. The van der Waals surface area contributed by atoms with E-state index < -0.39 is 0 Å². The number of rotatable bonds is 3. The van der Waals surface area contributed by atoms with E-state index in [2.05, 4.69) is 51.0 Å². The molecule has 1 atom stereocenters. The third-order valence-corrected chi connectivity index (χ3v) is 5.88. The Hall–Kier alpha value is -2.60. The molecule has 5 rings (SSSR count). The van der Waals surface area contributed by atoms with Crippen molar-refractivity contribution < 1.29 is 4.74 Å². The molecule has 0 saturated carbocycles. The number of aryl methyl sites for hydroxylation is 1. The Morgan fingerprint density at radius 1 is 0.929 bits per heavy atom. The molecule has 1 fully saturated rings. The van der Waals surface area contributed by atoms with E-state index in [1.54, 1.807) is 0 Å². The molecular weight excluding hydrogens is 350 g/mol. The van der Waals surface area contributed by atoms with Gasteiger partial charge in [0.1, 0.15) is 6.10 Å². The van der Waals surface area contributed by atoms with Crippen LogP contribution in [0.15, 0.2) is 30.3 Å². The van der Waals surface area contributed by atoms with E-state index in [4.69, 9.17) is 9.72 Å². The molecule has 1 N–H and O–H groups in total. The second kappa shape index (κ2) is 7.80. The standard InChI is InChI=1S/C22H25N5O/c1-3-9-15(10-4-1)19-16-11-5-2-6-12-17(16)23-21(18-13-7-8-14-28-18)20(19)22-24-26-27-25-22/h1,3-4,9-10,18H,2,5-8,11-14H2,(H,24,25,26,27). The van der Waals surface area contributed by atoms with Gasteiger partial charge >= 0.3 is 0 Å². The van der Waals surface area contributed by atoms with Crippen molar-refractivity contribution in [2.24, 2.45) is 0 Å². The summed E-state index contributed by atoms with van der Waals surface area (Å²) in [7, 11) is 0. The van der Waals surface area contributed by atoms with Crippen LogP contribution in [0.2, 0.25) is 0 Å². The molecule has 1 aliphatic heterocycles. The lowest BCUT2D eigenvalue weighted by Gasteiger charge is -2.27. The van der Waals surface area contributed by atoms with Crippen LogP contribution in [0.3, 0.4) is 0 Å². The molecule has 0 amide bonds. The van der Waals surface area contributed by atoms with E-state index in [0.29, 0.717) is 5.82 Å². The van der Waals surface area contributed by atoms with Crippen molar-refractivity contribution in [3.05, 3.63) is 47.3 Å². The molecule has 1 saturated heterocycles. The molecule has 1 aliphatic carbocycles. The van der Waals surface area contributed by atoms with Gasteiger partial charge < -0.3 is 4.74 Å². The number of nitrogens with zero attached hydrogens (tertiary/aromatic N) is 4. The van der Waals surface area contributed by atoms with Crippen molar-refractivity contribution in [2.45, 2.75) is 57.5 Å². The van der Waals surface area contributed by atoms with Crippen molar-refractivity contribution in [1.82, 2.24) is 25.6 Å². The van der Waals surface area contributed by atoms with Crippen molar-refractivity contribution in [3.63, 3.8) is 0 Å². The summed E-state index contributed by atoms with van der Waals surface area (Å²) in [6.07, 6.45) is 9.00. The van der Waals surface area contributed by atoms with E-state index in [1.165, 1.54) is 41.6 Å². The van der Waals surface area contributed by atoms with Crippen LogP contribution in [-0.4, -0.2) is 32.2 Å². The summed E-state index contributed by atoms with van der Waals surface area (Å²) in [4.78, 5) is 5.20. The summed E-state index contributed by atoms with van der Waals surface area (Å²) in [6, 6.07) is 10.6. The smallest absolute Gasteiger partial charge is 0.182 e. The van der Waals surface area contributed by atoms with Crippen LogP contribution in [-0.2, 0) is 17.6 Å². The predicted molar refractivity (Wildman–Crippen MR) is 107 cm³/mol. The Labute approximate surface area is 164 Å². The maximum Gasteiger partial charge on any atom is 0.182 e. The minimum Gasteiger partial charge on any atom is -0.372 e. The SMILES string of the molecule is c1ccc(-c2c3c(nc(C4CCCCO4)c2-c2nnn[nH]2)CCCCC3)cc1. The van der Waals surface area contributed by atoms with E-state index >= 15 is 0 Å². The highest BCUT2D eigenvalue weighted by molar-refractivity contribution is 5.85. The van der Waals surface area contributed by atoms with Crippen LogP contribution >= 0.6 is 0 Å². The molecule has 0 radical (unpaired) electrons. The zero-order chi connectivity index (χ0) is 18.8. The van der Waals surface area contributed by atoms with Crippen LogP contribution < -0.4 is 0 Å². The number of pyridine rings is 1. The second-order valence-electron chi connectivity index (χ2n) is 7.70. The van der Waals surface area contributed by atoms with Gasteiger partial charge in [0.2, 0.25) is 0 Å². The normalized spacial score (nSPS) is 19.8. The molecule has 3 aromatic rings. The van der Waals surface area contributed by atoms with E-state index in [1.807, 2.05) is 0 Å². The maximum absolute atomic E-state index is 6.17. The third kappa shape index (κ3) is 3.22. The largest absolute Gasteiger partial charge is 0.372 e. The monoisotopic (exact) mass is 375 g/mol. The third-order valence-electron chi connectivity index (χ3n) is 5.88. The molecule has 0 spiro atoms. The summed E-state index contributed by atoms with van der Waals surface area (Å²) in [5, 5.41) is 15.0. The predicted octanol–water partition coefficient (Wildman–Crippen LogP) is 4.44. The molecule has 2 aliphatic rings. The Balaban J connectivity index is 1.80. The van der Waals surface area contributed by atoms with Gasteiger partial charge in [-0.25, -0.2) is 5.10 Å². The average molecular weight is 375 g/mol. The molecule has 144 valence electrons. The van der Waals surface area contributed by atoms with Gasteiger partial charge in [-0.1, -0.05) is 36.8 Å². The van der Waals surface area contributed by atoms with Crippen LogP contribution in [0.5, 0.6) is 0 Å². The lowest BCUT2D eigenvalue weighted by atomic mass is 9.87. The van der Waals surface area contributed by atoms with Crippen molar-refractivity contribution >= 4 is 0 Å². The lowest BCUT2D eigenvalue weighted by molar-refractivity contribution is 0.0126. The number of ether oxygens (including phenoxy) is 1. The van der Waals surface area contributed by atoms with Gasteiger partial charge in [-0.05, 0) is 72.1 Å². The van der Waals surface area contributed by atoms with Gasteiger partial charge in [-0.3, -0.25) is 4.98 Å². The Morgan fingerprint density at radius 2 is 1.82 bits per heavy atom. The van der Waals surface area contributed by atoms with Crippen molar-refractivity contribution in [3.8, 4) is 22.5 Å². The summed E-state index contributed by atoms with van der Waals surface area (Å²) in [5.41, 5.74) is 7.04. The van der Waals surface area contributed by atoms with Crippen LogP contribution in [0.4, 0.5) is 0 Å². The van der Waals surface area contributed by atoms with Gasteiger partial charge in [-0.2, -0.15) is 0 Å². The number of hydrogen-bond donors (Lipinski definition) is 1. The summed E-state index contributed by atoms with van der Waals surface area (Å²) >= 11 is 0. The summed E-state index contributed by atoms with van der Waals surface area (Å²) in [5.74, 6) is 0.683. The van der Waals surface area contributed by atoms with E-state index in [-0.39, 0.29) is 6.10 Å². The van der Waals surface area contributed by atoms with Crippen molar-refractivity contribution in [1.29, 1.82) is 0 Å². The number of aromatic amines is 1.